The van der Waals surface area contributed by atoms with Crippen molar-refractivity contribution in [1.82, 2.24) is 0 Å². The van der Waals surface area contributed by atoms with E-state index in [1.54, 1.807) is 24.6 Å². The Bertz CT molecular complexity index is 3560. The van der Waals surface area contributed by atoms with Gasteiger partial charge in [0.2, 0.25) is 0 Å². The fraction of sp³-hybridized carbons (Fsp3) is 0.474. The number of hydrogen-bond acceptors (Lipinski definition) is 8. The lowest BCUT2D eigenvalue weighted by Gasteiger charge is -2.39. The number of rotatable bonds is 8. The highest BCUT2D eigenvalue weighted by atomic mass is 16.5. The molecule has 86 heavy (non-hydrogen) atoms. The topological polar surface area (TPSA) is 158 Å². The lowest BCUT2D eigenvalue weighted by molar-refractivity contribution is 0.0682. The van der Waals surface area contributed by atoms with Crippen LogP contribution >= 0.6 is 0 Å². The third-order valence-corrected chi connectivity index (χ3v) is 18.4. The van der Waals surface area contributed by atoms with Crippen LogP contribution in [-0.2, 0) is 43.3 Å². The molecule has 0 amide bonds. The number of aromatic hydroxyl groups is 2. The average molecular weight is 1160 g/mol. The molecular weight excluding hydrogens is 1070 g/mol. The number of hydrogen-bond donors (Lipinski definition) is 4. The standard InChI is InChI=1S/C76H94N2O8/c1-69(2,3)45-31-49(63-55(35-45)75(19,20)57-37-47(71(7,8)9)33-51(67(81)82)65(57)85-63)41-27-43(61(79)53(29-41)73(13,14)15)39-77-59-25-23-24-26-60(59)78-40-44-28-42(30-54(62(44)80)74(16,17)18)50-32-46(70(4,5)6)36-56-64(50)86-66-52(68(83)84)34-48(72(10,11)12)38-58(66)76(56,21)22/h27-40,59-60,79-80H,23-26H2,1-22H3,(H,81,82)(H,83,84)/t59-,60-/m1/s1. The van der Waals surface area contributed by atoms with Crippen molar-refractivity contribution in [2.75, 3.05) is 0 Å². The van der Waals surface area contributed by atoms with Crippen molar-refractivity contribution < 1.29 is 39.5 Å². The van der Waals surface area contributed by atoms with Crippen molar-refractivity contribution >= 4 is 24.4 Å². The Morgan fingerprint density at radius 1 is 0.430 bits per heavy atom. The van der Waals surface area contributed by atoms with E-state index in [0.717, 1.165) is 104 Å². The van der Waals surface area contributed by atoms with E-state index in [0.29, 0.717) is 34.1 Å². The predicted octanol–water partition coefficient (Wildman–Crippen LogP) is 19.3. The number of benzene rings is 6. The van der Waals surface area contributed by atoms with Crippen LogP contribution in [0.3, 0.4) is 0 Å². The van der Waals surface area contributed by atoms with Crippen molar-refractivity contribution in [3.8, 4) is 56.8 Å². The number of aliphatic imine (C=N–C) groups is 2. The molecule has 0 saturated heterocycles. The van der Waals surface area contributed by atoms with Crippen molar-refractivity contribution in [3.63, 3.8) is 0 Å². The van der Waals surface area contributed by atoms with Crippen molar-refractivity contribution in [3.05, 3.63) is 151 Å². The molecule has 2 atom stereocenters. The molecule has 0 unspecified atom stereocenters. The molecule has 6 aromatic carbocycles. The summed E-state index contributed by atoms with van der Waals surface area (Å²) in [4.78, 5) is 36.9. The first kappa shape index (κ1) is 63.3. The Kier molecular flexibility index (Phi) is 15.7. The summed E-state index contributed by atoms with van der Waals surface area (Å²) in [5.41, 5.74) is 10.2. The summed E-state index contributed by atoms with van der Waals surface area (Å²) >= 11 is 0. The molecular formula is C76H94N2O8. The Labute approximate surface area is 512 Å². The third kappa shape index (κ3) is 11.7. The van der Waals surface area contributed by atoms with Crippen LogP contribution in [0, 0.1) is 0 Å². The number of fused-ring (bicyclic) bond motifs is 4. The smallest absolute Gasteiger partial charge is 0.339 e. The lowest BCUT2D eigenvalue weighted by atomic mass is 9.70. The largest absolute Gasteiger partial charge is 0.507 e. The Morgan fingerprint density at radius 2 is 0.721 bits per heavy atom. The van der Waals surface area contributed by atoms with Crippen molar-refractivity contribution in [2.24, 2.45) is 9.98 Å². The molecule has 2 aliphatic heterocycles. The van der Waals surface area contributed by atoms with E-state index in [-0.39, 0.29) is 56.4 Å². The fourth-order valence-electron chi connectivity index (χ4n) is 12.5. The van der Waals surface area contributed by atoms with Crippen LogP contribution in [0.15, 0.2) is 82.8 Å². The van der Waals surface area contributed by atoms with Gasteiger partial charge in [0.05, 0.1) is 12.1 Å². The highest BCUT2D eigenvalue weighted by Gasteiger charge is 2.43. The number of nitrogens with zero attached hydrogens (tertiary/aromatic N) is 2. The summed E-state index contributed by atoms with van der Waals surface area (Å²) in [6, 6.07) is 24.0. The summed E-state index contributed by atoms with van der Waals surface area (Å²) in [5, 5.41) is 46.1. The molecule has 0 radical (unpaired) electrons. The van der Waals surface area contributed by atoms with Gasteiger partial charge in [-0.25, -0.2) is 9.59 Å². The van der Waals surface area contributed by atoms with Crippen LogP contribution in [0.5, 0.6) is 34.5 Å². The average Bonchev–Trinajstić information content (AvgIpc) is 0.748. The van der Waals surface area contributed by atoms with E-state index in [4.69, 9.17) is 19.5 Å². The van der Waals surface area contributed by atoms with Crippen molar-refractivity contribution in [1.29, 1.82) is 0 Å². The maximum Gasteiger partial charge on any atom is 0.339 e. The molecule has 0 spiro atoms. The lowest BCUT2D eigenvalue weighted by Crippen LogP contribution is -2.28. The number of phenolic OH excluding ortho intramolecular Hbond substituents is 2. The minimum atomic E-state index is -1.05. The van der Waals surface area contributed by atoms with Crippen molar-refractivity contribution in [2.45, 2.75) is 233 Å². The molecule has 0 bridgehead atoms. The Morgan fingerprint density at radius 3 is 1.00 bits per heavy atom. The Balaban J connectivity index is 1.15. The molecule has 2 heterocycles. The number of carboxylic acid groups (broad SMARTS) is 2. The molecule has 1 aliphatic carbocycles. The van der Waals surface area contributed by atoms with E-state index in [1.807, 2.05) is 24.3 Å². The maximum atomic E-state index is 13.1. The van der Waals surface area contributed by atoms with Gasteiger partial charge in [-0.2, -0.15) is 0 Å². The molecule has 10 heteroatoms. The minimum absolute atomic E-state index is 0.121. The van der Waals surface area contributed by atoms with Crippen LogP contribution in [0.25, 0.3) is 22.3 Å². The van der Waals surface area contributed by atoms with E-state index < -0.39 is 33.6 Å². The maximum absolute atomic E-state index is 13.1. The van der Waals surface area contributed by atoms with E-state index in [9.17, 15) is 30.0 Å². The van der Waals surface area contributed by atoms with Gasteiger partial charge < -0.3 is 29.9 Å². The van der Waals surface area contributed by atoms with Gasteiger partial charge in [-0.15, -0.1) is 0 Å². The first-order valence-corrected chi connectivity index (χ1v) is 30.8. The SMILES string of the molecule is CC(C)(C)c1cc(C(=O)O)c2c(c1)C(C)(C)c1cc(C(C)(C)C)cc(-c3cc(C=N[C@@H]4CCCC[C@H]4N=Cc4cc(-c5cc(C(C)(C)C)cc6c5Oc5c(C(=O)O)cc(C(C)(C)C)cc5C6(C)C)cc(C(C)(C)C)c4O)c(O)c(C(C)(C)C)c3)c1O2. The summed E-state index contributed by atoms with van der Waals surface area (Å²) in [6.07, 6.45) is 7.04. The number of aromatic carboxylic acids is 2. The second kappa shape index (κ2) is 21.3. The first-order valence-electron chi connectivity index (χ1n) is 30.8. The minimum Gasteiger partial charge on any atom is -0.507 e. The Hall–Kier alpha value is -7.20. The van der Waals surface area contributed by atoms with E-state index in [2.05, 4.69) is 189 Å². The van der Waals surface area contributed by atoms with Crippen LogP contribution < -0.4 is 9.47 Å². The molecule has 10 nitrogen and oxygen atoms in total. The van der Waals surface area contributed by atoms with Gasteiger partial charge in [0.25, 0.3) is 0 Å². The quantitative estimate of drug-likeness (QED) is 0.110. The normalized spacial score (nSPS) is 17.8. The monoisotopic (exact) mass is 1160 g/mol. The second-order valence-corrected chi connectivity index (χ2v) is 32.1. The number of carboxylic acids is 2. The van der Waals surface area contributed by atoms with Crippen LogP contribution in [-0.4, -0.2) is 56.9 Å². The molecule has 0 aromatic heterocycles. The molecule has 6 aromatic rings. The van der Waals surface area contributed by atoms with Crippen LogP contribution in [0.4, 0.5) is 0 Å². The van der Waals surface area contributed by atoms with Gasteiger partial charge in [-0.05, 0) is 127 Å². The van der Waals surface area contributed by atoms with Gasteiger partial charge in [-0.1, -0.05) is 189 Å². The number of carbonyl (C=O) groups is 2. The summed E-state index contributed by atoms with van der Waals surface area (Å²) in [7, 11) is 0. The zero-order valence-electron chi connectivity index (χ0n) is 55.4. The zero-order chi connectivity index (χ0) is 63.7. The predicted molar refractivity (Wildman–Crippen MR) is 352 cm³/mol. The highest BCUT2D eigenvalue weighted by Crippen LogP contribution is 2.57. The molecule has 3 aliphatic rings. The molecule has 4 N–H and O–H groups in total. The van der Waals surface area contributed by atoms with Gasteiger partial charge >= 0.3 is 11.9 Å². The zero-order valence-corrected chi connectivity index (χ0v) is 55.4. The van der Waals surface area contributed by atoms with Crippen LogP contribution in [0.2, 0.25) is 0 Å². The summed E-state index contributed by atoms with van der Waals surface area (Å²) in [6.45, 7) is 46.8. The molecule has 1 saturated carbocycles. The summed E-state index contributed by atoms with van der Waals surface area (Å²) < 4.78 is 13.9. The highest BCUT2D eigenvalue weighted by molar-refractivity contribution is 5.96. The van der Waals surface area contributed by atoms with Gasteiger partial charge in [-0.3, -0.25) is 9.98 Å². The van der Waals surface area contributed by atoms with Gasteiger partial charge in [0, 0.05) is 78.9 Å². The molecule has 456 valence electrons. The molecule has 9 rings (SSSR count). The van der Waals surface area contributed by atoms with Gasteiger partial charge in [0.1, 0.15) is 45.6 Å². The fourth-order valence-corrected chi connectivity index (χ4v) is 12.5. The van der Waals surface area contributed by atoms with E-state index >= 15 is 0 Å². The third-order valence-electron chi connectivity index (χ3n) is 18.4. The molecule has 1 fully saturated rings. The van der Waals surface area contributed by atoms with Crippen LogP contribution in [0.1, 0.15) is 265 Å². The van der Waals surface area contributed by atoms with E-state index in [1.165, 1.54) is 0 Å². The number of phenols is 2. The second-order valence-electron chi connectivity index (χ2n) is 32.1. The van der Waals surface area contributed by atoms with Gasteiger partial charge in [0.15, 0.2) is 0 Å². The number of ether oxygens (including phenoxy) is 2. The summed E-state index contributed by atoms with van der Waals surface area (Å²) in [5.74, 6) is 0.0159. The first-order chi connectivity index (χ1) is 39.4.